The van der Waals surface area contributed by atoms with E-state index in [1.165, 1.54) is 0 Å². The van der Waals surface area contributed by atoms with Gasteiger partial charge in [-0.2, -0.15) is 5.10 Å². The third kappa shape index (κ3) is 2.49. The van der Waals surface area contributed by atoms with E-state index in [0.29, 0.717) is 5.92 Å². The van der Waals surface area contributed by atoms with Crippen molar-refractivity contribution in [2.75, 3.05) is 0 Å². The summed E-state index contributed by atoms with van der Waals surface area (Å²) in [5.74, 6) is 0.767. The Morgan fingerprint density at radius 3 is 2.65 bits per heavy atom. The number of aryl methyl sites for hydroxylation is 1. The van der Waals surface area contributed by atoms with Gasteiger partial charge in [-0.25, -0.2) is 4.68 Å². The number of aromatic nitrogens is 2. The number of hydrogen-bond donors (Lipinski definition) is 1. The van der Waals surface area contributed by atoms with E-state index in [9.17, 15) is 5.11 Å². The maximum Gasteiger partial charge on any atom is 0.157 e. The van der Waals surface area contributed by atoms with Crippen LogP contribution in [0.25, 0.3) is 5.69 Å². The number of hydrogen-bond acceptors (Lipinski definition) is 2. The molecule has 0 atom stereocenters. The Kier molecular flexibility index (Phi) is 3.18. The molecule has 0 amide bonds. The lowest BCUT2D eigenvalue weighted by atomic mass is 10.1. The van der Waals surface area contributed by atoms with Crippen LogP contribution in [0.5, 0.6) is 5.75 Å². The van der Waals surface area contributed by atoms with Crippen LogP contribution in [0.2, 0.25) is 0 Å². The van der Waals surface area contributed by atoms with Gasteiger partial charge in [0.25, 0.3) is 0 Å². The predicted octanol–water partition coefficient (Wildman–Crippen LogP) is 3.08. The van der Waals surface area contributed by atoms with Crippen LogP contribution in [0.1, 0.15) is 25.1 Å². The number of rotatable bonds is 3. The molecule has 1 aromatic carbocycles. The second-order valence-corrected chi connectivity index (χ2v) is 4.79. The molecule has 1 N–H and O–H groups in total. The van der Waals surface area contributed by atoms with Gasteiger partial charge in [0.1, 0.15) is 5.69 Å². The largest absolute Gasteiger partial charge is 0.504 e. The van der Waals surface area contributed by atoms with Crippen molar-refractivity contribution in [2.45, 2.75) is 27.2 Å². The SMILES string of the molecule is Cc1ccccc1-n1cc(O)c(CC(C)C)n1. The normalized spacial score (nSPS) is 11.1. The van der Waals surface area contributed by atoms with Gasteiger partial charge in [-0.05, 0) is 30.9 Å². The predicted molar refractivity (Wildman–Crippen MR) is 68.5 cm³/mol. The molecule has 17 heavy (non-hydrogen) atoms. The molecule has 3 nitrogen and oxygen atoms in total. The Morgan fingerprint density at radius 2 is 2.00 bits per heavy atom. The van der Waals surface area contributed by atoms with E-state index in [2.05, 4.69) is 18.9 Å². The van der Waals surface area contributed by atoms with Crippen LogP contribution < -0.4 is 0 Å². The van der Waals surface area contributed by atoms with E-state index in [1.807, 2.05) is 31.2 Å². The highest BCUT2D eigenvalue weighted by Gasteiger charge is 2.11. The number of benzene rings is 1. The Hall–Kier alpha value is -1.77. The molecule has 3 heteroatoms. The fraction of sp³-hybridized carbons (Fsp3) is 0.357. The fourth-order valence-electron chi connectivity index (χ4n) is 1.88. The highest BCUT2D eigenvalue weighted by Crippen LogP contribution is 2.22. The van der Waals surface area contributed by atoms with Gasteiger partial charge in [0.2, 0.25) is 0 Å². The summed E-state index contributed by atoms with van der Waals surface area (Å²) in [5, 5.41) is 14.3. The molecule has 0 aliphatic rings. The Balaban J connectivity index is 2.38. The zero-order valence-corrected chi connectivity index (χ0v) is 10.5. The average Bonchev–Trinajstić information content (AvgIpc) is 2.60. The van der Waals surface area contributed by atoms with Crippen LogP contribution >= 0.6 is 0 Å². The lowest BCUT2D eigenvalue weighted by Crippen LogP contribution is -2.00. The van der Waals surface area contributed by atoms with Crippen LogP contribution in [-0.2, 0) is 6.42 Å². The van der Waals surface area contributed by atoms with Crippen molar-refractivity contribution in [1.29, 1.82) is 0 Å². The van der Waals surface area contributed by atoms with Gasteiger partial charge in [-0.15, -0.1) is 0 Å². The molecule has 0 bridgehead atoms. The van der Waals surface area contributed by atoms with Gasteiger partial charge in [0, 0.05) is 0 Å². The summed E-state index contributed by atoms with van der Waals surface area (Å²) in [6.45, 7) is 6.27. The monoisotopic (exact) mass is 230 g/mol. The molecule has 2 rings (SSSR count). The molecule has 0 radical (unpaired) electrons. The highest BCUT2D eigenvalue weighted by molar-refractivity contribution is 5.41. The van der Waals surface area contributed by atoms with Gasteiger partial charge in [0.15, 0.2) is 5.75 Å². The number of aromatic hydroxyl groups is 1. The molecule has 0 fully saturated rings. The Labute approximate surface area is 102 Å². The first-order valence-electron chi connectivity index (χ1n) is 5.91. The summed E-state index contributed by atoms with van der Waals surface area (Å²) >= 11 is 0. The molecule has 90 valence electrons. The summed E-state index contributed by atoms with van der Waals surface area (Å²) < 4.78 is 1.75. The van der Waals surface area contributed by atoms with Gasteiger partial charge in [-0.1, -0.05) is 32.0 Å². The molecular formula is C14H18N2O. The lowest BCUT2D eigenvalue weighted by molar-refractivity contribution is 0.462. The standard InChI is InChI=1S/C14H18N2O/c1-10(2)8-12-14(17)9-16(15-12)13-7-5-4-6-11(13)3/h4-7,9-10,17H,8H2,1-3H3. The summed E-state index contributed by atoms with van der Waals surface area (Å²) in [6.07, 6.45) is 2.48. The maximum absolute atomic E-state index is 9.85. The highest BCUT2D eigenvalue weighted by atomic mass is 16.3. The number of nitrogens with zero attached hydrogens (tertiary/aromatic N) is 2. The molecule has 0 aliphatic heterocycles. The topological polar surface area (TPSA) is 38.0 Å². The molecule has 0 saturated carbocycles. The van der Waals surface area contributed by atoms with Gasteiger partial charge >= 0.3 is 0 Å². The first kappa shape index (κ1) is 11.7. The van der Waals surface area contributed by atoms with Gasteiger partial charge < -0.3 is 5.11 Å². The van der Waals surface area contributed by atoms with E-state index in [-0.39, 0.29) is 5.75 Å². The molecule has 0 unspecified atom stereocenters. The summed E-state index contributed by atoms with van der Waals surface area (Å²) in [7, 11) is 0. The van der Waals surface area contributed by atoms with E-state index in [0.717, 1.165) is 23.4 Å². The minimum absolute atomic E-state index is 0.280. The Morgan fingerprint density at radius 1 is 1.29 bits per heavy atom. The van der Waals surface area contributed by atoms with E-state index < -0.39 is 0 Å². The first-order valence-corrected chi connectivity index (χ1v) is 5.91. The van der Waals surface area contributed by atoms with Crippen molar-refractivity contribution in [3.05, 3.63) is 41.7 Å². The second-order valence-electron chi connectivity index (χ2n) is 4.79. The van der Waals surface area contributed by atoms with Gasteiger partial charge in [0.05, 0.1) is 11.9 Å². The molecule has 0 saturated heterocycles. The maximum atomic E-state index is 9.85. The van der Waals surface area contributed by atoms with Crippen LogP contribution in [0.4, 0.5) is 0 Å². The quantitative estimate of drug-likeness (QED) is 0.880. The van der Waals surface area contributed by atoms with Crippen molar-refractivity contribution < 1.29 is 5.11 Å². The minimum atomic E-state index is 0.280. The molecule has 1 aromatic heterocycles. The van der Waals surface area contributed by atoms with Crippen LogP contribution in [0.3, 0.4) is 0 Å². The summed E-state index contributed by atoms with van der Waals surface area (Å²) in [4.78, 5) is 0. The summed E-state index contributed by atoms with van der Waals surface area (Å²) in [5.41, 5.74) is 2.92. The zero-order chi connectivity index (χ0) is 12.4. The van der Waals surface area contributed by atoms with E-state index in [1.54, 1.807) is 10.9 Å². The molecule has 2 aromatic rings. The van der Waals surface area contributed by atoms with Gasteiger partial charge in [-0.3, -0.25) is 0 Å². The van der Waals surface area contributed by atoms with Crippen LogP contribution in [0, 0.1) is 12.8 Å². The number of para-hydroxylation sites is 1. The lowest BCUT2D eigenvalue weighted by Gasteiger charge is -2.04. The van der Waals surface area contributed by atoms with Crippen molar-refractivity contribution in [2.24, 2.45) is 5.92 Å². The van der Waals surface area contributed by atoms with Crippen molar-refractivity contribution in [1.82, 2.24) is 9.78 Å². The minimum Gasteiger partial charge on any atom is -0.504 e. The second kappa shape index (κ2) is 4.62. The van der Waals surface area contributed by atoms with Crippen molar-refractivity contribution in [3.63, 3.8) is 0 Å². The van der Waals surface area contributed by atoms with Crippen molar-refractivity contribution in [3.8, 4) is 11.4 Å². The van der Waals surface area contributed by atoms with Crippen LogP contribution in [0.15, 0.2) is 30.5 Å². The van der Waals surface area contributed by atoms with Crippen molar-refractivity contribution >= 4 is 0 Å². The fourth-order valence-corrected chi connectivity index (χ4v) is 1.88. The first-order chi connectivity index (χ1) is 8.08. The van der Waals surface area contributed by atoms with E-state index in [4.69, 9.17) is 0 Å². The van der Waals surface area contributed by atoms with E-state index >= 15 is 0 Å². The average molecular weight is 230 g/mol. The zero-order valence-electron chi connectivity index (χ0n) is 10.5. The Bertz CT molecular complexity index is 515. The molecule has 0 spiro atoms. The third-order valence-corrected chi connectivity index (χ3v) is 2.73. The molecule has 0 aliphatic carbocycles. The summed E-state index contributed by atoms with van der Waals surface area (Å²) in [6, 6.07) is 8.01. The molecular weight excluding hydrogens is 212 g/mol. The van der Waals surface area contributed by atoms with Crippen LogP contribution in [-0.4, -0.2) is 14.9 Å². The molecule has 1 heterocycles. The smallest absolute Gasteiger partial charge is 0.157 e. The third-order valence-electron chi connectivity index (χ3n) is 2.73.